The lowest BCUT2D eigenvalue weighted by Crippen LogP contribution is -2.14. The summed E-state index contributed by atoms with van der Waals surface area (Å²) in [6.07, 6.45) is 3.26. The number of carbonyl (C=O) groups is 1. The maximum Gasteiger partial charge on any atom is 0.257 e. The first-order valence-electron chi connectivity index (χ1n) is 5.71. The SMILES string of the molecule is Cc1cncc(C(=O)Nc2ccccc2CN)c1. The molecular weight excluding hydrogens is 226 g/mol. The van der Waals surface area contributed by atoms with Gasteiger partial charge in [-0.25, -0.2) is 0 Å². The number of pyridine rings is 1. The van der Waals surface area contributed by atoms with Gasteiger partial charge in [-0.1, -0.05) is 18.2 Å². The van der Waals surface area contributed by atoms with Crippen LogP contribution >= 0.6 is 0 Å². The van der Waals surface area contributed by atoms with Crippen LogP contribution in [-0.4, -0.2) is 10.9 Å². The number of nitrogens with zero attached hydrogens (tertiary/aromatic N) is 1. The van der Waals surface area contributed by atoms with Crippen molar-refractivity contribution in [2.75, 3.05) is 5.32 Å². The fraction of sp³-hybridized carbons (Fsp3) is 0.143. The van der Waals surface area contributed by atoms with E-state index < -0.39 is 0 Å². The lowest BCUT2D eigenvalue weighted by molar-refractivity contribution is 0.102. The van der Waals surface area contributed by atoms with Gasteiger partial charge in [-0.3, -0.25) is 9.78 Å². The van der Waals surface area contributed by atoms with Crippen LogP contribution in [0.25, 0.3) is 0 Å². The average molecular weight is 241 g/mol. The highest BCUT2D eigenvalue weighted by Gasteiger charge is 2.08. The molecule has 1 heterocycles. The molecule has 0 spiro atoms. The Morgan fingerprint density at radius 2 is 2.11 bits per heavy atom. The summed E-state index contributed by atoms with van der Waals surface area (Å²) >= 11 is 0. The second kappa shape index (κ2) is 5.42. The molecule has 0 atom stereocenters. The van der Waals surface area contributed by atoms with E-state index >= 15 is 0 Å². The van der Waals surface area contributed by atoms with Gasteiger partial charge in [0.15, 0.2) is 0 Å². The maximum atomic E-state index is 12.0. The van der Waals surface area contributed by atoms with Crippen LogP contribution in [0.2, 0.25) is 0 Å². The predicted molar refractivity (Wildman–Crippen MR) is 71.3 cm³/mol. The van der Waals surface area contributed by atoms with Crippen LogP contribution in [0.4, 0.5) is 5.69 Å². The Balaban J connectivity index is 2.21. The van der Waals surface area contributed by atoms with Crippen molar-refractivity contribution in [1.29, 1.82) is 0 Å². The van der Waals surface area contributed by atoms with Crippen molar-refractivity contribution >= 4 is 11.6 Å². The van der Waals surface area contributed by atoms with Crippen molar-refractivity contribution < 1.29 is 4.79 Å². The van der Waals surface area contributed by atoms with Crippen molar-refractivity contribution in [2.24, 2.45) is 5.73 Å². The molecule has 2 rings (SSSR count). The quantitative estimate of drug-likeness (QED) is 0.864. The molecule has 0 saturated carbocycles. The molecule has 0 unspecified atom stereocenters. The molecule has 1 amide bonds. The fourth-order valence-electron chi connectivity index (χ4n) is 1.69. The van der Waals surface area contributed by atoms with Crippen LogP contribution in [0.5, 0.6) is 0 Å². The highest BCUT2D eigenvalue weighted by molar-refractivity contribution is 6.04. The largest absolute Gasteiger partial charge is 0.326 e. The number of rotatable bonds is 3. The number of anilines is 1. The molecule has 4 heteroatoms. The van der Waals surface area contributed by atoms with Gasteiger partial charge in [0.2, 0.25) is 0 Å². The van der Waals surface area contributed by atoms with E-state index in [9.17, 15) is 4.79 Å². The van der Waals surface area contributed by atoms with Crippen LogP contribution < -0.4 is 11.1 Å². The molecule has 1 aromatic heterocycles. The van der Waals surface area contributed by atoms with Gasteiger partial charge < -0.3 is 11.1 Å². The molecule has 92 valence electrons. The van der Waals surface area contributed by atoms with Crippen LogP contribution in [0.1, 0.15) is 21.5 Å². The second-order valence-electron chi connectivity index (χ2n) is 4.07. The zero-order valence-corrected chi connectivity index (χ0v) is 10.2. The summed E-state index contributed by atoms with van der Waals surface area (Å²) in [7, 11) is 0. The third-order valence-electron chi connectivity index (χ3n) is 2.62. The molecule has 4 nitrogen and oxygen atoms in total. The minimum Gasteiger partial charge on any atom is -0.326 e. The highest BCUT2D eigenvalue weighted by Crippen LogP contribution is 2.15. The summed E-state index contributed by atoms with van der Waals surface area (Å²) in [6, 6.07) is 9.29. The molecule has 0 radical (unpaired) electrons. The molecule has 3 N–H and O–H groups in total. The minimum atomic E-state index is -0.174. The number of aromatic nitrogens is 1. The molecule has 0 fully saturated rings. The monoisotopic (exact) mass is 241 g/mol. The standard InChI is InChI=1S/C14H15N3O/c1-10-6-12(9-16-8-10)14(18)17-13-5-3-2-4-11(13)7-15/h2-6,8-9H,7,15H2,1H3,(H,17,18). The summed E-state index contributed by atoms with van der Waals surface area (Å²) in [6.45, 7) is 2.29. The van der Waals surface area contributed by atoms with Crippen LogP contribution in [0.3, 0.4) is 0 Å². The number of nitrogens with two attached hydrogens (primary N) is 1. The third kappa shape index (κ3) is 2.73. The van der Waals surface area contributed by atoms with E-state index in [1.54, 1.807) is 18.5 Å². The number of carbonyl (C=O) groups excluding carboxylic acids is 1. The van der Waals surface area contributed by atoms with Gasteiger partial charge in [-0.2, -0.15) is 0 Å². The minimum absolute atomic E-state index is 0.174. The van der Waals surface area contributed by atoms with Crippen LogP contribution in [0.15, 0.2) is 42.7 Å². The first kappa shape index (κ1) is 12.3. The summed E-state index contributed by atoms with van der Waals surface area (Å²) in [5.74, 6) is -0.174. The smallest absolute Gasteiger partial charge is 0.257 e. The van der Waals surface area contributed by atoms with E-state index in [4.69, 9.17) is 5.73 Å². The number of hydrogen-bond acceptors (Lipinski definition) is 3. The molecule has 0 aliphatic rings. The summed E-state index contributed by atoms with van der Waals surface area (Å²) in [5.41, 5.74) is 8.77. The van der Waals surface area contributed by atoms with Crippen LogP contribution in [-0.2, 0) is 6.54 Å². The topological polar surface area (TPSA) is 68.0 Å². The lowest BCUT2D eigenvalue weighted by Gasteiger charge is -2.09. The summed E-state index contributed by atoms with van der Waals surface area (Å²) in [5, 5.41) is 2.85. The van der Waals surface area contributed by atoms with E-state index in [0.717, 1.165) is 16.8 Å². The predicted octanol–water partition coefficient (Wildman–Crippen LogP) is 2.10. The Morgan fingerprint density at radius 3 is 2.83 bits per heavy atom. The van der Waals surface area contributed by atoms with Crippen molar-refractivity contribution in [2.45, 2.75) is 13.5 Å². The van der Waals surface area contributed by atoms with Gasteiger partial charge in [0, 0.05) is 24.6 Å². The highest BCUT2D eigenvalue weighted by atomic mass is 16.1. The molecule has 1 aromatic carbocycles. The summed E-state index contributed by atoms with van der Waals surface area (Å²) < 4.78 is 0. The zero-order valence-electron chi connectivity index (χ0n) is 10.2. The molecule has 0 saturated heterocycles. The van der Waals surface area contributed by atoms with Gasteiger partial charge in [-0.05, 0) is 30.2 Å². The van der Waals surface area contributed by atoms with E-state index in [-0.39, 0.29) is 5.91 Å². The summed E-state index contributed by atoms with van der Waals surface area (Å²) in [4.78, 5) is 16.0. The number of para-hydroxylation sites is 1. The van der Waals surface area contributed by atoms with Crippen LogP contribution in [0, 0.1) is 6.92 Å². The van der Waals surface area contributed by atoms with Crippen molar-refractivity contribution in [3.8, 4) is 0 Å². The molecule has 18 heavy (non-hydrogen) atoms. The normalized spacial score (nSPS) is 10.1. The Bertz CT molecular complexity index is 566. The van der Waals surface area contributed by atoms with Gasteiger partial charge in [0.25, 0.3) is 5.91 Å². The van der Waals surface area contributed by atoms with Gasteiger partial charge >= 0.3 is 0 Å². The van der Waals surface area contributed by atoms with Gasteiger partial charge in [0.05, 0.1) is 5.56 Å². The molecule has 0 aliphatic carbocycles. The van der Waals surface area contributed by atoms with E-state index in [1.165, 1.54) is 0 Å². The fourth-order valence-corrected chi connectivity index (χ4v) is 1.69. The number of benzene rings is 1. The Labute approximate surface area is 106 Å². The van der Waals surface area contributed by atoms with E-state index in [0.29, 0.717) is 12.1 Å². The Hall–Kier alpha value is -2.20. The van der Waals surface area contributed by atoms with E-state index in [1.807, 2.05) is 31.2 Å². The first-order valence-corrected chi connectivity index (χ1v) is 5.71. The number of amides is 1. The first-order chi connectivity index (χ1) is 8.70. The van der Waals surface area contributed by atoms with Crippen molar-refractivity contribution in [3.05, 3.63) is 59.4 Å². The Kier molecular flexibility index (Phi) is 3.69. The maximum absolute atomic E-state index is 12.0. The van der Waals surface area contributed by atoms with E-state index in [2.05, 4.69) is 10.3 Å². The molecule has 0 bridgehead atoms. The third-order valence-corrected chi connectivity index (χ3v) is 2.62. The van der Waals surface area contributed by atoms with Gasteiger partial charge in [-0.15, -0.1) is 0 Å². The molecule has 0 aliphatic heterocycles. The molecule has 2 aromatic rings. The van der Waals surface area contributed by atoms with Gasteiger partial charge in [0.1, 0.15) is 0 Å². The molecular formula is C14H15N3O. The number of hydrogen-bond donors (Lipinski definition) is 2. The zero-order chi connectivity index (χ0) is 13.0. The van der Waals surface area contributed by atoms with Crippen molar-refractivity contribution in [3.63, 3.8) is 0 Å². The number of aryl methyl sites for hydroxylation is 1. The number of nitrogens with one attached hydrogen (secondary N) is 1. The second-order valence-corrected chi connectivity index (χ2v) is 4.07. The van der Waals surface area contributed by atoms with Crippen molar-refractivity contribution in [1.82, 2.24) is 4.98 Å². The average Bonchev–Trinajstić information content (AvgIpc) is 2.39. The Morgan fingerprint density at radius 1 is 1.33 bits per heavy atom. The lowest BCUT2D eigenvalue weighted by atomic mass is 10.1.